The molecule has 1 N–H and O–H groups in total. The molecule has 2 aromatic carbocycles. The number of benzene rings is 2. The summed E-state index contributed by atoms with van der Waals surface area (Å²) in [6.07, 6.45) is 1.73. The van der Waals surface area contributed by atoms with Gasteiger partial charge in [0.25, 0.3) is 5.91 Å². The minimum Gasteiger partial charge on any atom is -0.497 e. The highest BCUT2D eigenvalue weighted by Gasteiger charge is 2.33. The van der Waals surface area contributed by atoms with Gasteiger partial charge in [-0.1, -0.05) is 42.2 Å². The average Bonchev–Trinajstić information content (AvgIpc) is 3.30. The number of nitrogens with zero attached hydrogens (tertiary/aromatic N) is 3. The molecule has 0 unspecified atom stereocenters. The fourth-order valence-electron chi connectivity index (χ4n) is 2.73. The first kappa shape index (κ1) is 19.1. The zero-order valence-corrected chi connectivity index (χ0v) is 16.8. The summed E-state index contributed by atoms with van der Waals surface area (Å²) in [6, 6.07) is 12.4. The number of amides is 2. The molecule has 0 saturated carbocycles. The standard InChI is InChI=1S/C19H14N4O4S2/c1-26-12-7-5-11(6-8-12)9-15-18(25)23(19(28)29-15)10-16(24)20-13-3-2-4-14-17(13)22-27-21-14/h2-9H,10H2,1H3,(H,20,24). The van der Waals surface area contributed by atoms with Gasteiger partial charge in [-0.05, 0) is 46.2 Å². The van der Waals surface area contributed by atoms with Crippen LogP contribution in [0.5, 0.6) is 5.75 Å². The van der Waals surface area contributed by atoms with E-state index in [4.69, 9.17) is 17.0 Å². The van der Waals surface area contributed by atoms with E-state index in [1.807, 2.05) is 12.1 Å². The van der Waals surface area contributed by atoms with Gasteiger partial charge in [0, 0.05) is 0 Å². The van der Waals surface area contributed by atoms with E-state index in [9.17, 15) is 9.59 Å². The number of fused-ring (bicyclic) bond motifs is 1. The molecule has 3 aromatic rings. The maximum Gasteiger partial charge on any atom is 0.266 e. The second-order valence-electron chi connectivity index (χ2n) is 6.03. The van der Waals surface area contributed by atoms with E-state index in [0.29, 0.717) is 25.9 Å². The zero-order chi connectivity index (χ0) is 20.4. The third-order valence-electron chi connectivity index (χ3n) is 4.15. The minimum absolute atomic E-state index is 0.202. The number of thioether (sulfide) groups is 1. The van der Waals surface area contributed by atoms with E-state index in [1.54, 1.807) is 43.5 Å². The van der Waals surface area contributed by atoms with Crippen molar-refractivity contribution in [2.45, 2.75) is 0 Å². The number of aromatic nitrogens is 2. The Kier molecular flexibility index (Phi) is 5.28. The molecule has 0 radical (unpaired) electrons. The summed E-state index contributed by atoms with van der Waals surface area (Å²) in [7, 11) is 1.59. The summed E-state index contributed by atoms with van der Waals surface area (Å²) in [4.78, 5) is 26.9. The normalized spacial score (nSPS) is 15.3. The van der Waals surface area contributed by atoms with Gasteiger partial charge in [-0.3, -0.25) is 14.5 Å². The van der Waals surface area contributed by atoms with E-state index in [2.05, 4.69) is 20.3 Å². The van der Waals surface area contributed by atoms with E-state index in [1.165, 1.54) is 4.90 Å². The van der Waals surface area contributed by atoms with Gasteiger partial charge in [0.1, 0.15) is 22.1 Å². The highest BCUT2D eigenvalue weighted by Crippen LogP contribution is 2.32. The second kappa shape index (κ2) is 8.02. The van der Waals surface area contributed by atoms with E-state index >= 15 is 0 Å². The van der Waals surface area contributed by atoms with Crippen molar-refractivity contribution in [2.24, 2.45) is 0 Å². The molecule has 1 aliphatic rings. The number of nitrogens with one attached hydrogen (secondary N) is 1. The van der Waals surface area contributed by atoms with Crippen molar-refractivity contribution in [3.63, 3.8) is 0 Å². The van der Waals surface area contributed by atoms with Crippen LogP contribution in [0.4, 0.5) is 5.69 Å². The lowest BCUT2D eigenvalue weighted by atomic mass is 10.2. The predicted octanol–water partition coefficient (Wildman–Crippen LogP) is 3.07. The largest absolute Gasteiger partial charge is 0.497 e. The predicted molar refractivity (Wildman–Crippen MR) is 113 cm³/mol. The number of carbonyl (C=O) groups excluding carboxylic acids is 2. The Labute approximate surface area is 174 Å². The summed E-state index contributed by atoms with van der Waals surface area (Å²) in [5.74, 6) is 0.0125. The Morgan fingerprint density at radius 3 is 2.83 bits per heavy atom. The Morgan fingerprint density at radius 1 is 1.28 bits per heavy atom. The van der Waals surface area contributed by atoms with Crippen LogP contribution in [0.3, 0.4) is 0 Å². The lowest BCUT2D eigenvalue weighted by molar-refractivity contribution is -0.126. The molecule has 146 valence electrons. The number of rotatable bonds is 5. The molecular formula is C19H14N4O4S2. The molecule has 2 heterocycles. The topological polar surface area (TPSA) is 97.6 Å². The lowest BCUT2D eigenvalue weighted by Gasteiger charge is -2.14. The molecule has 1 aromatic heterocycles. The molecule has 29 heavy (non-hydrogen) atoms. The maximum absolute atomic E-state index is 12.7. The van der Waals surface area contributed by atoms with Crippen molar-refractivity contribution in [2.75, 3.05) is 19.0 Å². The Hall–Kier alpha value is -3.24. The number of carbonyl (C=O) groups is 2. The molecule has 0 atom stereocenters. The molecule has 0 bridgehead atoms. The smallest absolute Gasteiger partial charge is 0.266 e. The number of hydrogen-bond donors (Lipinski definition) is 1. The fourth-order valence-corrected chi connectivity index (χ4v) is 3.98. The number of ether oxygens (including phenoxy) is 1. The zero-order valence-electron chi connectivity index (χ0n) is 15.1. The van der Waals surface area contributed by atoms with Gasteiger partial charge in [-0.2, -0.15) is 0 Å². The Morgan fingerprint density at radius 2 is 2.07 bits per heavy atom. The molecular weight excluding hydrogens is 412 g/mol. The van der Waals surface area contributed by atoms with Crippen LogP contribution in [-0.4, -0.2) is 45.0 Å². The number of hydrogen-bond acceptors (Lipinski definition) is 8. The monoisotopic (exact) mass is 426 g/mol. The van der Waals surface area contributed by atoms with Gasteiger partial charge < -0.3 is 10.1 Å². The van der Waals surface area contributed by atoms with Gasteiger partial charge in [-0.25, -0.2) is 4.63 Å². The highest BCUT2D eigenvalue weighted by molar-refractivity contribution is 8.26. The highest BCUT2D eigenvalue weighted by atomic mass is 32.2. The number of thiocarbonyl (C=S) groups is 1. The lowest BCUT2D eigenvalue weighted by Crippen LogP contribution is -2.36. The average molecular weight is 426 g/mol. The van der Waals surface area contributed by atoms with Crippen LogP contribution < -0.4 is 10.1 Å². The van der Waals surface area contributed by atoms with E-state index < -0.39 is 5.91 Å². The molecule has 0 aliphatic carbocycles. The van der Waals surface area contributed by atoms with Crippen molar-refractivity contribution in [1.82, 2.24) is 15.2 Å². The molecule has 10 heteroatoms. The molecule has 1 aliphatic heterocycles. The maximum atomic E-state index is 12.7. The van der Waals surface area contributed by atoms with Gasteiger partial charge in [0.05, 0.1) is 17.7 Å². The first-order valence-corrected chi connectivity index (χ1v) is 9.68. The van der Waals surface area contributed by atoms with Crippen LogP contribution in [0, 0.1) is 0 Å². The Bertz CT molecular complexity index is 1140. The minimum atomic E-state index is -0.400. The molecule has 4 rings (SSSR count). The summed E-state index contributed by atoms with van der Waals surface area (Å²) in [5, 5.41) is 10.2. The van der Waals surface area contributed by atoms with Gasteiger partial charge in [-0.15, -0.1) is 0 Å². The van der Waals surface area contributed by atoms with Gasteiger partial charge in [0.2, 0.25) is 5.91 Å². The SMILES string of the molecule is COc1ccc(C=C2SC(=S)N(CC(=O)Nc3cccc4nonc34)C2=O)cc1. The second-order valence-corrected chi connectivity index (χ2v) is 7.70. The Balaban J connectivity index is 1.46. The summed E-state index contributed by atoms with van der Waals surface area (Å²) in [6.45, 7) is -0.202. The first-order chi connectivity index (χ1) is 14.0. The quantitative estimate of drug-likeness (QED) is 0.491. The van der Waals surface area contributed by atoms with E-state index in [-0.39, 0.29) is 12.5 Å². The molecule has 2 amide bonds. The van der Waals surface area contributed by atoms with E-state index in [0.717, 1.165) is 23.1 Å². The third-order valence-corrected chi connectivity index (χ3v) is 5.53. The van der Waals surface area contributed by atoms with Crippen molar-refractivity contribution >= 4 is 62.9 Å². The summed E-state index contributed by atoms with van der Waals surface area (Å²) in [5.41, 5.74) is 2.25. The molecule has 1 saturated heterocycles. The van der Waals surface area contributed by atoms with Crippen LogP contribution >= 0.6 is 24.0 Å². The summed E-state index contributed by atoms with van der Waals surface area (Å²) >= 11 is 6.45. The first-order valence-electron chi connectivity index (χ1n) is 8.46. The van der Waals surface area contributed by atoms with Crippen molar-refractivity contribution in [3.8, 4) is 5.75 Å². The number of anilines is 1. The van der Waals surface area contributed by atoms with Crippen molar-refractivity contribution in [3.05, 3.63) is 52.9 Å². The van der Waals surface area contributed by atoms with Crippen LogP contribution in [0.2, 0.25) is 0 Å². The van der Waals surface area contributed by atoms with Gasteiger partial charge in [0.15, 0.2) is 5.52 Å². The van der Waals surface area contributed by atoms with Crippen LogP contribution in [0.15, 0.2) is 52.0 Å². The molecule has 0 spiro atoms. The van der Waals surface area contributed by atoms with Crippen LogP contribution in [0.25, 0.3) is 17.1 Å². The fraction of sp³-hybridized carbons (Fsp3) is 0.105. The summed E-state index contributed by atoms with van der Waals surface area (Å²) < 4.78 is 10.1. The third kappa shape index (κ3) is 3.98. The molecule has 1 fully saturated rings. The number of methoxy groups -OCH3 is 1. The molecule has 8 nitrogen and oxygen atoms in total. The van der Waals surface area contributed by atoms with Crippen LogP contribution in [-0.2, 0) is 9.59 Å². The van der Waals surface area contributed by atoms with Crippen molar-refractivity contribution in [1.29, 1.82) is 0 Å². The van der Waals surface area contributed by atoms with Crippen molar-refractivity contribution < 1.29 is 19.0 Å². The van der Waals surface area contributed by atoms with Gasteiger partial charge >= 0.3 is 0 Å². The van der Waals surface area contributed by atoms with Crippen LogP contribution in [0.1, 0.15) is 5.56 Å².